The Labute approximate surface area is 111 Å². The van der Waals surface area contributed by atoms with E-state index in [9.17, 15) is 14.9 Å². The van der Waals surface area contributed by atoms with Crippen molar-refractivity contribution < 1.29 is 14.5 Å². The van der Waals surface area contributed by atoms with Crippen LogP contribution in [0.25, 0.3) is 0 Å². The zero-order chi connectivity index (χ0) is 14.3. The van der Waals surface area contributed by atoms with E-state index in [-0.39, 0.29) is 17.2 Å². The van der Waals surface area contributed by atoms with Gasteiger partial charge in [-0.1, -0.05) is 0 Å². The number of hydrogen-bond acceptors (Lipinski definition) is 5. The number of carbonyl (C=O) groups is 1. The zero-order valence-corrected chi connectivity index (χ0v) is 10.9. The third kappa shape index (κ3) is 4.22. The van der Waals surface area contributed by atoms with Crippen molar-refractivity contribution in [3.63, 3.8) is 0 Å². The van der Waals surface area contributed by atoms with Gasteiger partial charge in [0.05, 0.1) is 11.5 Å². The predicted molar refractivity (Wildman–Crippen MR) is 71.5 cm³/mol. The van der Waals surface area contributed by atoms with Gasteiger partial charge in [-0.3, -0.25) is 14.9 Å². The van der Waals surface area contributed by atoms with Crippen LogP contribution in [-0.4, -0.2) is 37.6 Å². The smallest absolute Gasteiger partial charge is 0.293 e. The van der Waals surface area contributed by atoms with E-state index in [1.807, 2.05) is 6.92 Å². The van der Waals surface area contributed by atoms with Gasteiger partial charge in [-0.15, -0.1) is 0 Å². The summed E-state index contributed by atoms with van der Waals surface area (Å²) in [6.07, 6.45) is 0. The molecule has 1 aromatic rings. The standard InChI is InChI=1S/C12H17N3O4/c1-3-19-7-6-14-10-5-4-9(12(16)13-2)8-11(10)15(17)18/h4-5,8,14H,3,6-7H2,1-2H3,(H,13,16). The highest BCUT2D eigenvalue weighted by atomic mass is 16.6. The number of nitrogens with zero attached hydrogens (tertiary/aromatic N) is 1. The van der Waals surface area contributed by atoms with Crippen molar-refractivity contribution in [3.05, 3.63) is 33.9 Å². The van der Waals surface area contributed by atoms with E-state index in [4.69, 9.17) is 4.74 Å². The van der Waals surface area contributed by atoms with Crippen LogP contribution in [0.5, 0.6) is 0 Å². The molecule has 0 aromatic heterocycles. The Hall–Kier alpha value is -2.15. The molecule has 0 saturated carbocycles. The highest BCUT2D eigenvalue weighted by Crippen LogP contribution is 2.25. The first kappa shape index (κ1) is 14.9. The van der Waals surface area contributed by atoms with Crippen LogP contribution in [0.4, 0.5) is 11.4 Å². The second-order valence-electron chi connectivity index (χ2n) is 3.69. The van der Waals surface area contributed by atoms with Crippen molar-refractivity contribution in [1.82, 2.24) is 5.32 Å². The van der Waals surface area contributed by atoms with Crippen molar-refractivity contribution in [2.24, 2.45) is 0 Å². The summed E-state index contributed by atoms with van der Waals surface area (Å²) in [5.41, 5.74) is 0.500. The van der Waals surface area contributed by atoms with E-state index in [0.29, 0.717) is 25.4 Å². The van der Waals surface area contributed by atoms with E-state index in [2.05, 4.69) is 10.6 Å². The molecule has 0 fully saturated rings. The van der Waals surface area contributed by atoms with Gasteiger partial charge in [-0.25, -0.2) is 0 Å². The first-order chi connectivity index (χ1) is 9.10. The van der Waals surface area contributed by atoms with Crippen LogP contribution < -0.4 is 10.6 Å². The van der Waals surface area contributed by atoms with Gasteiger partial charge in [-0.05, 0) is 19.1 Å². The van der Waals surface area contributed by atoms with Gasteiger partial charge in [0.1, 0.15) is 5.69 Å². The number of ether oxygens (including phenoxy) is 1. The van der Waals surface area contributed by atoms with E-state index in [1.54, 1.807) is 0 Å². The molecule has 0 saturated heterocycles. The van der Waals surface area contributed by atoms with E-state index >= 15 is 0 Å². The van der Waals surface area contributed by atoms with E-state index in [1.165, 1.54) is 25.2 Å². The molecule has 0 bridgehead atoms. The lowest BCUT2D eigenvalue weighted by Crippen LogP contribution is -2.18. The molecule has 104 valence electrons. The minimum absolute atomic E-state index is 0.127. The quantitative estimate of drug-likeness (QED) is 0.442. The summed E-state index contributed by atoms with van der Waals surface area (Å²) < 4.78 is 5.14. The van der Waals surface area contributed by atoms with Crippen LogP contribution in [0.2, 0.25) is 0 Å². The number of anilines is 1. The Balaban J connectivity index is 2.86. The molecule has 0 heterocycles. The van der Waals surface area contributed by atoms with E-state index in [0.717, 1.165) is 0 Å². The number of benzene rings is 1. The first-order valence-electron chi connectivity index (χ1n) is 5.92. The number of rotatable bonds is 7. The summed E-state index contributed by atoms with van der Waals surface area (Å²) in [5, 5.41) is 16.3. The molecule has 7 nitrogen and oxygen atoms in total. The van der Waals surface area contributed by atoms with Gasteiger partial charge in [0.25, 0.3) is 11.6 Å². The molecular weight excluding hydrogens is 250 g/mol. The molecule has 19 heavy (non-hydrogen) atoms. The fourth-order valence-electron chi connectivity index (χ4n) is 1.52. The van der Waals surface area contributed by atoms with Gasteiger partial charge in [0.2, 0.25) is 0 Å². The average Bonchev–Trinajstić information content (AvgIpc) is 2.42. The Morgan fingerprint density at radius 3 is 2.79 bits per heavy atom. The largest absolute Gasteiger partial charge is 0.380 e. The molecule has 0 radical (unpaired) electrons. The molecule has 0 aliphatic carbocycles. The molecule has 2 N–H and O–H groups in total. The summed E-state index contributed by atoms with van der Waals surface area (Å²) in [4.78, 5) is 21.9. The van der Waals surface area contributed by atoms with Crippen molar-refractivity contribution in [1.29, 1.82) is 0 Å². The molecule has 1 aromatic carbocycles. The Bertz CT molecular complexity index is 462. The van der Waals surface area contributed by atoms with Crippen LogP contribution in [0.15, 0.2) is 18.2 Å². The number of amides is 1. The lowest BCUT2D eigenvalue weighted by atomic mass is 10.1. The monoisotopic (exact) mass is 267 g/mol. The van der Waals surface area contributed by atoms with Gasteiger partial charge < -0.3 is 15.4 Å². The topological polar surface area (TPSA) is 93.5 Å². The van der Waals surface area contributed by atoms with Crippen molar-refractivity contribution >= 4 is 17.3 Å². The number of nitro groups is 1. The summed E-state index contributed by atoms with van der Waals surface area (Å²) in [6, 6.07) is 4.31. The zero-order valence-electron chi connectivity index (χ0n) is 10.9. The van der Waals surface area contributed by atoms with Gasteiger partial charge >= 0.3 is 0 Å². The fraction of sp³-hybridized carbons (Fsp3) is 0.417. The summed E-state index contributed by atoms with van der Waals surface area (Å²) in [7, 11) is 1.47. The summed E-state index contributed by atoms with van der Waals surface area (Å²) >= 11 is 0. The fourth-order valence-corrected chi connectivity index (χ4v) is 1.52. The Morgan fingerprint density at radius 2 is 2.21 bits per heavy atom. The lowest BCUT2D eigenvalue weighted by molar-refractivity contribution is -0.384. The van der Waals surface area contributed by atoms with Gasteiger partial charge in [0, 0.05) is 31.8 Å². The maximum absolute atomic E-state index is 11.4. The SMILES string of the molecule is CCOCCNc1ccc(C(=O)NC)cc1[N+](=O)[O-]. The van der Waals surface area contributed by atoms with Crippen LogP contribution in [0.3, 0.4) is 0 Å². The number of carbonyl (C=O) groups excluding carboxylic acids is 1. The molecule has 0 aliphatic rings. The third-order valence-electron chi connectivity index (χ3n) is 2.45. The van der Waals surface area contributed by atoms with Crippen LogP contribution in [-0.2, 0) is 4.74 Å². The molecule has 0 atom stereocenters. The molecule has 7 heteroatoms. The maximum atomic E-state index is 11.4. The number of nitrogens with one attached hydrogen (secondary N) is 2. The first-order valence-corrected chi connectivity index (χ1v) is 5.92. The van der Waals surface area contributed by atoms with Crippen LogP contribution in [0, 0.1) is 10.1 Å². The minimum atomic E-state index is -0.518. The van der Waals surface area contributed by atoms with E-state index < -0.39 is 4.92 Å². The lowest BCUT2D eigenvalue weighted by Gasteiger charge is -2.08. The second kappa shape index (κ2) is 7.32. The highest BCUT2D eigenvalue weighted by Gasteiger charge is 2.16. The van der Waals surface area contributed by atoms with Gasteiger partial charge in [0.15, 0.2) is 0 Å². The van der Waals surface area contributed by atoms with Gasteiger partial charge in [-0.2, -0.15) is 0 Å². The Morgan fingerprint density at radius 1 is 1.47 bits per heavy atom. The second-order valence-corrected chi connectivity index (χ2v) is 3.69. The molecule has 0 aliphatic heterocycles. The summed E-state index contributed by atoms with van der Waals surface area (Å²) in [5.74, 6) is -0.357. The molecule has 0 spiro atoms. The van der Waals surface area contributed by atoms with Crippen molar-refractivity contribution in [3.8, 4) is 0 Å². The predicted octanol–water partition coefficient (Wildman–Crippen LogP) is 1.40. The van der Waals surface area contributed by atoms with Crippen molar-refractivity contribution in [2.45, 2.75) is 6.92 Å². The molecule has 1 rings (SSSR count). The average molecular weight is 267 g/mol. The number of hydrogen-bond donors (Lipinski definition) is 2. The summed E-state index contributed by atoms with van der Waals surface area (Å²) in [6.45, 7) is 3.40. The van der Waals surface area contributed by atoms with Crippen molar-refractivity contribution in [2.75, 3.05) is 32.1 Å². The third-order valence-corrected chi connectivity index (χ3v) is 2.45. The molecule has 0 unspecified atom stereocenters. The normalized spacial score (nSPS) is 10.0. The minimum Gasteiger partial charge on any atom is -0.380 e. The van der Waals surface area contributed by atoms with Crippen LogP contribution >= 0.6 is 0 Å². The Kier molecular flexibility index (Phi) is 5.74. The molecule has 1 amide bonds. The highest BCUT2D eigenvalue weighted by molar-refractivity contribution is 5.95. The molecular formula is C12H17N3O4. The maximum Gasteiger partial charge on any atom is 0.293 e. The van der Waals surface area contributed by atoms with Crippen LogP contribution in [0.1, 0.15) is 17.3 Å². The number of nitro benzene ring substituents is 1.